The summed E-state index contributed by atoms with van der Waals surface area (Å²) in [5.74, 6) is -1.42. The number of rotatable bonds is 4. The van der Waals surface area contributed by atoms with E-state index in [0.29, 0.717) is 33.3 Å². The zero-order valence-corrected chi connectivity index (χ0v) is 18.8. The Morgan fingerprint density at radius 2 is 1.82 bits per heavy atom. The average molecular weight is 488 g/mol. The van der Waals surface area contributed by atoms with E-state index in [1.807, 2.05) is 0 Å². The number of hydrogen-bond donors (Lipinski definition) is 0. The molecule has 4 rings (SSSR count). The van der Waals surface area contributed by atoms with E-state index in [1.54, 1.807) is 43.3 Å². The van der Waals surface area contributed by atoms with Crippen molar-refractivity contribution in [2.24, 2.45) is 10.3 Å². The minimum absolute atomic E-state index is 0.136. The number of hydrogen-bond acceptors (Lipinski definition) is 4. The molecule has 1 aliphatic heterocycles. The first-order valence-corrected chi connectivity index (χ1v) is 10.7. The van der Waals surface area contributed by atoms with E-state index >= 15 is 0 Å². The maximum atomic E-state index is 14.6. The first-order chi connectivity index (χ1) is 15.8. The second-order valence-electron chi connectivity index (χ2n) is 7.28. The Morgan fingerprint density at radius 3 is 2.52 bits per heavy atom. The van der Waals surface area contributed by atoms with Crippen LogP contribution in [0.3, 0.4) is 0 Å². The lowest BCUT2D eigenvalue weighted by molar-refractivity contribution is 0.0507. The highest BCUT2D eigenvalue weighted by molar-refractivity contribution is 6.37. The number of nitrogens with zero attached hydrogens (tertiary/aromatic N) is 3. The molecule has 168 valence electrons. The lowest BCUT2D eigenvalue weighted by Gasteiger charge is -2.23. The fourth-order valence-corrected chi connectivity index (χ4v) is 3.99. The van der Waals surface area contributed by atoms with Crippen molar-refractivity contribution >= 4 is 40.7 Å². The van der Waals surface area contributed by atoms with Crippen molar-refractivity contribution < 1.29 is 18.4 Å². The molecule has 1 unspecified atom stereocenters. The van der Waals surface area contributed by atoms with Gasteiger partial charge in [0.2, 0.25) is 0 Å². The van der Waals surface area contributed by atoms with Crippen LogP contribution in [0.5, 0.6) is 0 Å². The van der Waals surface area contributed by atoms with Crippen LogP contribution in [0.1, 0.15) is 40.9 Å². The van der Waals surface area contributed by atoms with Gasteiger partial charge in [0.25, 0.3) is 0 Å². The number of halogens is 4. The van der Waals surface area contributed by atoms with E-state index in [9.17, 15) is 13.6 Å². The predicted molar refractivity (Wildman–Crippen MR) is 124 cm³/mol. The number of carbonyl (C=O) groups is 1. The van der Waals surface area contributed by atoms with Crippen molar-refractivity contribution in [3.63, 3.8) is 0 Å². The van der Waals surface area contributed by atoms with E-state index in [-0.39, 0.29) is 11.4 Å². The molecule has 0 N–H and O–H groups in total. The first-order valence-electron chi connectivity index (χ1n) is 9.91. The van der Waals surface area contributed by atoms with Crippen LogP contribution in [0.15, 0.2) is 77.0 Å². The van der Waals surface area contributed by atoms with Gasteiger partial charge in [-0.25, -0.2) is 18.6 Å². The van der Waals surface area contributed by atoms with Gasteiger partial charge in [-0.3, -0.25) is 0 Å². The van der Waals surface area contributed by atoms with Gasteiger partial charge in [-0.1, -0.05) is 52.6 Å². The highest BCUT2D eigenvalue weighted by Crippen LogP contribution is 2.36. The molecule has 9 heteroatoms. The Labute approximate surface area is 198 Å². The van der Waals surface area contributed by atoms with Crippen LogP contribution in [0.2, 0.25) is 10.0 Å². The third kappa shape index (κ3) is 5.05. The largest absolute Gasteiger partial charge is 0.365 e. The molecule has 0 aliphatic carbocycles. The van der Waals surface area contributed by atoms with Gasteiger partial charge in [0.1, 0.15) is 11.6 Å². The zero-order valence-electron chi connectivity index (χ0n) is 17.3. The third-order valence-electron chi connectivity index (χ3n) is 5.09. The van der Waals surface area contributed by atoms with E-state index in [4.69, 9.17) is 28.0 Å². The minimum atomic E-state index is -0.763. The molecule has 0 amide bonds. The molecule has 0 saturated carbocycles. The van der Waals surface area contributed by atoms with Gasteiger partial charge in [-0.05, 0) is 49.4 Å². The first kappa shape index (κ1) is 22.9. The van der Waals surface area contributed by atoms with Gasteiger partial charge in [0.15, 0.2) is 5.84 Å². The lowest BCUT2D eigenvalue weighted by atomic mass is 9.98. The Balaban J connectivity index is 1.65. The summed E-state index contributed by atoms with van der Waals surface area (Å²) in [6.07, 6.45) is 0.334. The predicted octanol–water partition coefficient (Wildman–Crippen LogP) is 6.61. The zero-order chi connectivity index (χ0) is 23.5. The number of carbonyl (C=O) groups excluding carboxylic acids is 1. The maximum Gasteiger partial charge on any atom is 0.365 e. The van der Waals surface area contributed by atoms with E-state index in [0.717, 1.165) is 12.1 Å². The molecule has 5 nitrogen and oxygen atoms in total. The second-order valence-corrected chi connectivity index (χ2v) is 8.12. The monoisotopic (exact) mass is 487 g/mol. The molecular formula is C24H17Cl2F2N3O2. The summed E-state index contributed by atoms with van der Waals surface area (Å²) in [5, 5.41) is 10.9. The van der Waals surface area contributed by atoms with E-state index in [1.165, 1.54) is 23.2 Å². The quantitative estimate of drug-likeness (QED) is 0.180. The minimum Gasteiger partial charge on any atom is -0.311 e. The van der Waals surface area contributed by atoms with E-state index < -0.39 is 23.6 Å². The van der Waals surface area contributed by atoms with Crippen LogP contribution in [0.25, 0.3) is 0 Å². The highest BCUT2D eigenvalue weighted by atomic mass is 35.5. The van der Waals surface area contributed by atoms with Crippen LogP contribution in [-0.4, -0.2) is 22.5 Å². The number of oxime groups is 1. The molecule has 0 saturated heterocycles. The van der Waals surface area contributed by atoms with Crippen LogP contribution in [0, 0.1) is 11.6 Å². The van der Waals surface area contributed by atoms with Crippen molar-refractivity contribution in [2.75, 3.05) is 0 Å². The molecule has 0 radical (unpaired) electrons. The topological polar surface area (TPSA) is 54.3 Å². The van der Waals surface area contributed by atoms with Gasteiger partial charge in [-0.15, -0.1) is 0 Å². The Morgan fingerprint density at radius 1 is 1.09 bits per heavy atom. The summed E-state index contributed by atoms with van der Waals surface area (Å²) in [6, 6.07) is 15.7. The summed E-state index contributed by atoms with van der Waals surface area (Å²) in [6.45, 7) is 1.59. The summed E-state index contributed by atoms with van der Waals surface area (Å²) in [4.78, 5) is 17.3. The van der Waals surface area contributed by atoms with Crippen molar-refractivity contribution in [1.82, 2.24) is 5.01 Å². The molecule has 1 atom stereocenters. The standard InChI is InChI=1S/C24H17Cl2F2N3O2/c1-14(30-33-24(32)15-6-9-17(27)10-7-15)31-23(19-4-2-3-5-21(19)28)13-22(29-31)18-11-8-16(25)12-20(18)26/h2-12,23H,13H2,1H3/b30-14-. The van der Waals surface area contributed by atoms with Crippen LogP contribution >= 0.6 is 23.2 Å². The normalized spacial score (nSPS) is 16.0. The molecule has 0 aromatic heterocycles. The molecule has 3 aromatic rings. The van der Waals surface area contributed by atoms with Gasteiger partial charge < -0.3 is 4.84 Å². The average Bonchev–Trinajstić information content (AvgIpc) is 3.23. The summed E-state index contributed by atoms with van der Waals surface area (Å²) < 4.78 is 27.7. The van der Waals surface area contributed by atoms with Crippen molar-refractivity contribution in [2.45, 2.75) is 19.4 Å². The molecule has 0 fully saturated rings. The van der Waals surface area contributed by atoms with E-state index in [2.05, 4.69) is 10.3 Å². The second kappa shape index (κ2) is 9.68. The van der Waals surface area contributed by atoms with Gasteiger partial charge >= 0.3 is 5.97 Å². The molecule has 0 spiro atoms. The smallest absolute Gasteiger partial charge is 0.311 e. The van der Waals surface area contributed by atoms with Crippen LogP contribution in [-0.2, 0) is 4.84 Å². The van der Waals surface area contributed by atoms with Crippen molar-refractivity contribution in [3.05, 3.63) is 105 Å². The molecule has 33 heavy (non-hydrogen) atoms. The maximum absolute atomic E-state index is 14.6. The summed E-state index contributed by atoms with van der Waals surface area (Å²) >= 11 is 12.4. The number of amidine groups is 1. The highest BCUT2D eigenvalue weighted by Gasteiger charge is 2.33. The summed E-state index contributed by atoms with van der Waals surface area (Å²) in [7, 11) is 0. The van der Waals surface area contributed by atoms with Crippen LogP contribution in [0.4, 0.5) is 8.78 Å². The summed E-state index contributed by atoms with van der Waals surface area (Å²) in [5.41, 5.74) is 1.79. The number of benzene rings is 3. The Bertz CT molecular complexity index is 1260. The van der Waals surface area contributed by atoms with Crippen molar-refractivity contribution in [1.29, 1.82) is 0 Å². The van der Waals surface area contributed by atoms with Crippen molar-refractivity contribution in [3.8, 4) is 0 Å². The third-order valence-corrected chi connectivity index (χ3v) is 5.64. The van der Waals surface area contributed by atoms with Gasteiger partial charge in [0, 0.05) is 22.6 Å². The Kier molecular flexibility index (Phi) is 6.72. The SMILES string of the molecule is C/C(=N/OC(=O)c1ccc(F)cc1)N1N=C(c2ccc(Cl)cc2Cl)CC1c1ccccc1F. The van der Waals surface area contributed by atoms with Gasteiger partial charge in [0.05, 0.1) is 22.3 Å². The number of hydrazone groups is 1. The Hall–Kier alpha value is -3.29. The molecule has 3 aromatic carbocycles. The van der Waals surface area contributed by atoms with Gasteiger partial charge in [-0.2, -0.15) is 5.10 Å². The fourth-order valence-electron chi connectivity index (χ4n) is 3.47. The molecular weight excluding hydrogens is 471 g/mol. The lowest BCUT2D eigenvalue weighted by Crippen LogP contribution is -2.26. The molecule has 1 heterocycles. The van der Waals surface area contributed by atoms with Crippen LogP contribution < -0.4 is 0 Å². The molecule has 1 aliphatic rings. The fraction of sp³-hybridized carbons (Fsp3) is 0.125. The molecule has 0 bridgehead atoms.